The third-order valence-corrected chi connectivity index (χ3v) is 10.9. The number of likely N-dealkylation sites (tertiary alicyclic amines) is 1. The fourth-order valence-corrected chi connectivity index (χ4v) is 7.92. The molecule has 3 unspecified atom stereocenters. The third kappa shape index (κ3) is 8.39. The average Bonchev–Trinajstić information content (AvgIpc) is 3.79. The Labute approximate surface area is 289 Å². The maximum atomic E-state index is 14.9. The second-order valence-corrected chi connectivity index (χ2v) is 14.2. The number of aromatic nitrogens is 2. The van der Waals surface area contributed by atoms with E-state index in [1.165, 1.54) is 6.33 Å². The number of hydrogen-bond donors (Lipinski definition) is 6. The Morgan fingerprint density at radius 1 is 1.06 bits per heavy atom. The minimum absolute atomic E-state index is 0.150. The number of hydrogen-bond acceptors (Lipinski definition) is 9. The van der Waals surface area contributed by atoms with E-state index in [9.17, 15) is 19.2 Å². The number of benzene rings is 1. The van der Waals surface area contributed by atoms with E-state index in [4.69, 9.17) is 5.73 Å². The summed E-state index contributed by atoms with van der Waals surface area (Å²) in [5.41, 5.74) is 6.79. The molecule has 3 fully saturated rings. The quantitative estimate of drug-likeness (QED) is 0.154. The molecule has 2 aromatic rings. The van der Waals surface area contributed by atoms with Gasteiger partial charge in [0, 0.05) is 63.1 Å². The number of nitrogens with one attached hydrogen (secondary N) is 5. The molecule has 0 aliphatic carbocycles. The number of carbonyl (C=O) groups excluding carboxylic acids is 4. The molecule has 1 aromatic heterocycles. The minimum Gasteiger partial charge on any atom is -0.348 e. The highest BCUT2D eigenvalue weighted by Crippen LogP contribution is 2.39. The van der Waals surface area contributed by atoms with Gasteiger partial charge in [0.25, 0.3) is 0 Å². The normalized spacial score (nSPS) is 27.1. The molecule has 0 bridgehead atoms. The van der Waals surface area contributed by atoms with Gasteiger partial charge in [0.05, 0.1) is 12.4 Å². The van der Waals surface area contributed by atoms with Crippen LogP contribution >= 0.6 is 0 Å². The summed E-state index contributed by atoms with van der Waals surface area (Å²) in [6, 6.07) is 6.36. The van der Waals surface area contributed by atoms with Gasteiger partial charge in [-0.15, -0.1) is 0 Å². The van der Waals surface area contributed by atoms with Crippen molar-refractivity contribution < 1.29 is 19.2 Å². The lowest BCUT2D eigenvalue weighted by Gasteiger charge is -2.50. The van der Waals surface area contributed by atoms with Gasteiger partial charge >= 0.3 is 0 Å². The number of nitrogens with zero attached hydrogens (tertiary/aromatic N) is 3. The highest BCUT2D eigenvalue weighted by atomic mass is 16.2. The second-order valence-electron chi connectivity index (χ2n) is 14.2. The number of imidazole rings is 1. The summed E-state index contributed by atoms with van der Waals surface area (Å²) in [4.78, 5) is 67.2. The smallest absolute Gasteiger partial charge is 0.246 e. The lowest BCUT2D eigenvalue weighted by Crippen LogP contribution is -2.72. The molecule has 3 saturated heterocycles. The number of H-pyrrole nitrogens is 1. The molecule has 3 amide bonds. The Hall–Kier alpha value is -3.65. The van der Waals surface area contributed by atoms with Crippen LogP contribution in [0, 0.1) is 11.8 Å². The van der Waals surface area contributed by atoms with E-state index in [0.29, 0.717) is 37.4 Å². The molecule has 0 radical (unpaired) electrons. The molecule has 49 heavy (non-hydrogen) atoms. The van der Waals surface area contributed by atoms with Crippen molar-refractivity contribution in [1.82, 2.24) is 41.0 Å². The van der Waals surface area contributed by atoms with Crippen LogP contribution in [0.25, 0.3) is 0 Å². The van der Waals surface area contributed by atoms with Crippen molar-refractivity contribution in [1.29, 1.82) is 0 Å². The molecule has 13 heteroatoms. The molecule has 7 N–H and O–H groups in total. The first-order valence-electron chi connectivity index (χ1n) is 18.0. The van der Waals surface area contributed by atoms with Gasteiger partial charge in [-0.2, -0.15) is 0 Å². The highest BCUT2D eigenvalue weighted by Gasteiger charge is 2.59. The second kappa shape index (κ2) is 16.8. The summed E-state index contributed by atoms with van der Waals surface area (Å²) < 4.78 is 0. The lowest BCUT2D eigenvalue weighted by molar-refractivity contribution is -0.147. The summed E-state index contributed by atoms with van der Waals surface area (Å²) in [5.74, 6) is -1.05. The molecular formula is C36H55N9O4. The molecule has 13 nitrogen and oxygen atoms in total. The van der Waals surface area contributed by atoms with Gasteiger partial charge in [0.1, 0.15) is 23.9 Å². The van der Waals surface area contributed by atoms with E-state index in [-0.39, 0.29) is 30.3 Å². The summed E-state index contributed by atoms with van der Waals surface area (Å²) in [6.07, 6.45) is 7.71. The van der Waals surface area contributed by atoms with Crippen molar-refractivity contribution >= 4 is 24.0 Å². The van der Waals surface area contributed by atoms with Crippen LogP contribution in [-0.4, -0.2) is 119 Å². The van der Waals surface area contributed by atoms with Crippen LogP contribution in [0.4, 0.5) is 0 Å². The van der Waals surface area contributed by atoms with Crippen LogP contribution in [0.5, 0.6) is 0 Å². The maximum absolute atomic E-state index is 14.9. The molecule has 5 rings (SSSR count). The van der Waals surface area contributed by atoms with Gasteiger partial charge < -0.3 is 41.7 Å². The number of aldehydes is 1. The van der Waals surface area contributed by atoms with Gasteiger partial charge in [-0.25, -0.2) is 4.98 Å². The SMILES string of the molecule is CC[C@H](C)[C@H](NC(=O)[C@H](N)Cc1ccccc1)C(=O)N[C@H](Cc1cnc[nH]1)C(=O)N1CCC(N2CCNCC2)[C@]1(C=O)C1CC(C)CCN1. The Balaban J connectivity index is 1.41. The molecule has 4 heterocycles. The predicted molar refractivity (Wildman–Crippen MR) is 187 cm³/mol. The van der Waals surface area contributed by atoms with E-state index < -0.39 is 35.5 Å². The van der Waals surface area contributed by atoms with Crippen LogP contribution in [0.3, 0.4) is 0 Å². The van der Waals surface area contributed by atoms with Crippen LogP contribution in [0.15, 0.2) is 42.9 Å². The third-order valence-electron chi connectivity index (χ3n) is 10.9. The fourth-order valence-electron chi connectivity index (χ4n) is 7.92. The first-order valence-corrected chi connectivity index (χ1v) is 18.0. The molecule has 1 aromatic carbocycles. The molecule has 268 valence electrons. The van der Waals surface area contributed by atoms with Gasteiger partial charge in [0.2, 0.25) is 17.7 Å². The standard InChI is InChI=1S/C36H55N9O4/c1-4-25(3)32(43-33(47)28(37)19-26-8-6-5-7-9-26)34(48)42-29(20-27-21-39-23-41-27)35(49)45-15-11-31(44-16-13-38-14-17-44)36(45,22-46)30-18-24(2)10-12-40-30/h5-9,21-25,28-32,38,40H,4,10-20,37H2,1-3H3,(H,39,41)(H,42,48)(H,43,47)/t24?,25-,28+,29+,30?,31?,32-,36-/m0/s1. The van der Waals surface area contributed by atoms with Crippen molar-refractivity contribution in [2.75, 3.05) is 39.3 Å². The van der Waals surface area contributed by atoms with Gasteiger partial charge in [-0.1, -0.05) is 57.5 Å². The first-order chi connectivity index (χ1) is 23.7. The molecule has 8 atom stereocenters. The van der Waals surface area contributed by atoms with Gasteiger partial charge in [-0.05, 0) is 49.6 Å². The van der Waals surface area contributed by atoms with Gasteiger partial charge in [0.15, 0.2) is 0 Å². The maximum Gasteiger partial charge on any atom is 0.246 e. The zero-order valence-corrected chi connectivity index (χ0v) is 29.2. The highest BCUT2D eigenvalue weighted by molar-refractivity contribution is 5.95. The fraction of sp³-hybridized carbons (Fsp3) is 0.639. The first kappa shape index (κ1) is 36.6. The Morgan fingerprint density at radius 3 is 2.47 bits per heavy atom. The monoisotopic (exact) mass is 677 g/mol. The zero-order chi connectivity index (χ0) is 35.0. The van der Waals surface area contributed by atoms with E-state index in [1.807, 2.05) is 44.2 Å². The predicted octanol–water partition coefficient (Wildman–Crippen LogP) is 0.370. The average molecular weight is 678 g/mol. The number of rotatable bonds is 14. The summed E-state index contributed by atoms with van der Waals surface area (Å²) in [5, 5.41) is 12.9. The topological polar surface area (TPSA) is 178 Å². The van der Waals surface area contributed by atoms with Crippen molar-refractivity contribution in [2.24, 2.45) is 17.6 Å². The van der Waals surface area contributed by atoms with Gasteiger partial charge in [-0.3, -0.25) is 19.3 Å². The van der Waals surface area contributed by atoms with Crippen LogP contribution < -0.4 is 27.0 Å². The number of carbonyl (C=O) groups is 4. The van der Waals surface area contributed by atoms with E-state index in [2.05, 4.69) is 43.1 Å². The Kier molecular flexibility index (Phi) is 12.6. The van der Waals surface area contributed by atoms with E-state index in [1.54, 1.807) is 11.1 Å². The molecule has 3 aliphatic rings. The van der Waals surface area contributed by atoms with Crippen LogP contribution in [0.1, 0.15) is 57.7 Å². The molecule has 0 spiro atoms. The van der Waals surface area contributed by atoms with Crippen molar-refractivity contribution in [3.8, 4) is 0 Å². The molecule has 3 aliphatic heterocycles. The van der Waals surface area contributed by atoms with E-state index >= 15 is 0 Å². The summed E-state index contributed by atoms with van der Waals surface area (Å²) in [6.45, 7) is 10.4. The lowest BCUT2D eigenvalue weighted by atomic mass is 9.76. The van der Waals surface area contributed by atoms with Crippen molar-refractivity contribution in [3.63, 3.8) is 0 Å². The Bertz CT molecular complexity index is 1390. The minimum atomic E-state index is -1.10. The number of nitrogens with two attached hydrogens (primary N) is 1. The van der Waals surface area contributed by atoms with Crippen LogP contribution in [-0.2, 0) is 32.0 Å². The number of piperidine rings is 1. The zero-order valence-electron chi connectivity index (χ0n) is 29.2. The molecule has 0 saturated carbocycles. The largest absolute Gasteiger partial charge is 0.348 e. The van der Waals surface area contributed by atoms with Crippen molar-refractivity contribution in [3.05, 3.63) is 54.1 Å². The summed E-state index contributed by atoms with van der Waals surface area (Å²) >= 11 is 0. The number of piperazine rings is 1. The number of aromatic amines is 1. The number of amides is 3. The van der Waals surface area contributed by atoms with Crippen molar-refractivity contribution in [2.45, 2.75) is 95.0 Å². The Morgan fingerprint density at radius 2 is 1.82 bits per heavy atom. The van der Waals surface area contributed by atoms with Crippen LogP contribution in [0.2, 0.25) is 0 Å². The van der Waals surface area contributed by atoms with E-state index in [0.717, 1.165) is 57.4 Å². The molecular weight excluding hydrogens is 622 g/mol. The summed E-state index contributed by atoms with van der Waals surface area (Å²) in [7, 11) is 0.